The first-order valence-corrected chi connectivity index (χ1v) is 8.16. The number of nitrogens with zero attached hydrogens (tertiary/aromatic N) is 1. The molecule has 0 aromatic heterocycles. The van der Waals surface area contributed by atoms with E-state index in [1.54, 1.807) is 11.1 Å². The number of benzene rings is 1. The van der Waals surface area contributed by atoms with Crippen molar-refractivity contribution in [1.29, 1.82) is 0 Å². The van der Waals surface area contributed by atoms with Crippen LogP contribution in [0.5, 0.6) is 0 Å². The fourth-order valence-electron chi connectivity index (χ4n) is 4.35. The number of aryl methyl sites for hydroxylation is 1. The van der Waals surface area contributed by atoms with Crippen LogP contribution in [0.25, 0.3) is 0 Å². The topological polar surface area (TPSA) is 20.3 Å². The first kappa shape index (κ1) is 12.4. The molecule has 1 aliphatic heterocycles. The predicted octanol–water partition coefficient (Wildman–Crippen LogP) is 3.29. The summed E-state index contributed by atoms with van der Waals surface area (Å²) in [6, 6.07) is 8.95. The summed E-state index contributed by atoms with van der Waals surface area (Å²) in [6.07, 6.45) is 8.36. The molecule has 2 aliphatic carbocycles. The van der Waals surface area contributed by atoms with Crippen molar-refractivity contribution in [3.8, 4) is 0 Å². The van der Waals surface area contributed by atoms with E-state index in [0.717, 1.165) is 25.9 Å². The molecular formula is C18H23NO. The lowest BCUT2D eigenvalue weighted by atomic mass is 9.73. The lowest BCUT2D eigenvalue weighted by molar-refractivity contribution is -0.139. The number of carbonyl (C=O) groups is 1. The molecule has 1 aromatic rings. The van der Waals surface area contributed by atoms with Crippen LogP contribution >= 0.6 is 0 Å². The van der Waals surface area contributed by atoms with Gasteiger partial charge in [0, 0.05) is 19.0 Å². The molecule has 1 aromatic carbocycles. The second-order valence-corrected chi connectivity index (χ2v) is 6.89. The van der Waals surface area contributed by atoms with Gasteiger partial charge in [-0.3, -0.25) is 4.79 Å². The number of carbonyl (C=O) groups excluding carboxylic acids is 1. The van der Waals surface area contributed by atoms with Gasteiger partial charge in [-0.2, -0.15) is 0 Å². The highest BCUT2D eigenvalue weighted by molar-refractivity contribution is 5.79. The highest BCUT2D eigenvalue weighted by atomic mass is 16.2. The van der Waals surface area contributed by atoms with Gasteiger partial charge in [-0.15, -0.1) is 0 Å². The Balaban J connectivity index is 1.48. The van der Waals surface area contributed by atoms with E-state index in [4.69, 9.17) is 0 Å². The minimum Gasteiger partial charge on any atom is -0.342 e. The van der Waals surface area contributed by atoms with E-state index in [1.165, 1.54) is 32.1 Å². The van der Waals surface area contributed by atoms with Crippen LogP contribution in [0.3, 0.4) is 0 Å². The molecular weight excluding hydrogens is 246 g/mol. The number of likely N-dealkylation sites (tertiary alicyclic amines) is 1. The molecule has 0 N–H and O–H groups in total. The fourth-order valence-corrected chi connectivity index (χ4v) is 4.35. The zero-order valence-corrected chi connectivity index (χ0v) is 12.1. The molecule has 1 saturated heterocycles. The lowest BCUT2D eigenvalue weighted by Crippen LogP contribution is -2.47. The van der Waals surface area contributed by atoms with Gasteiger partial charge in [-0.1, -0.05) is 30.7 Å². The Labute approximate surface area is 121 Å². The van der Waals surface area contributed by atoms with Crippen molar-refractivity contribution in [2.24, 2.45) is 5.92 Å². The van der Waals surface area contributed by atoms with Crippen LogP contribution in [0.4, 0.5) is 0 Å². The Morgan fingerprint density at radius 1 is 1.10 bits per heavy atom. The van der Waals surface area contributed by atoms with E-state index in [0.29, 0.717) is 17.2 Å². The molecule has 0 atom stereocenters. The third-order valence-electron chi connectivity index (χ3n) is 5.95. The summed E-state index contributed by atoms with van der Waals surface area (Å²) in [6.45, 7) is 1.95. The third kappa shape index (κ3) is 1.81. The molecule has 1 spiro atoms. The van der Waals surface area contributed by atoms with Crippen molar-refractivity contribution < 1.29 is 4.79 Å². The van der Waals surface area contributed by atoms with Crippen LogP contribution in [0.2, 0.25) is 0 Å². The zero-order chi connectivity index (χ0) is 13.6. The van der Waals surface area contributed by atoms with Crippen molar-refractivity contribution in [1.82, 2.24) is 4.90 Å². The number of hydrogen-bond acceptors (Lipinski definition) is 1. The number of piperidine rings is 1. The Kier molecular flexibility index (Phi) is 2.87. The summed E-state index contributed by atoms with van der Waals surface area (Å²) in [7, 11) is 0. The van der Waals surface area contributed by atoms with Gasteiger partial charge in [0.15, 0.2) is 0 Å². The smallest absolute Gasteiger partial charge is 0.225 e. The van der Waals surface area contributed by atoms with E-state index in [2.05, 4.69) is 29.2 Å². The largest absolute Gasteiger partial charge is 0.342 e. The standard InChI is InChI=1S/C18H23NO/c20-17(15-5-3-6-15)19-12-10-18(11-13-19)9-8-14-4-1-2-7-16(14)18/h1-2,4,7,15H,3,5-6,8-13H2. The molecule has 2 heteroatoms. The van der Waals surface area contributed by atoms with E-state index in [1.807, 2.05) is 0 Å². The highest BCUT2D eigenvalue weighted by Gasteiger charge is 2.42. The fraction of sp³-hybridized carbons (Fsp3) is 0.611. The number of hydrogen-bond donors (Lipinski definition) is 0. The maximum absolute atomic E-state index is 12.4. The van der Waals surface area contributed by atoms with Gasteiger partial charge in [0.05, 0.1) is 0 Å². The molecule has 0 unspecified atom stereocenters. The summed E-state index contributed by atoms with van der Waals surface area (Å²) < 4.78 is 0. The minimum atomic E-state index is 0.361. The molecule has 106 valence electrons. The van der Waals surface area contributed by atoms with Crippen molar-refractivity contribution in [3.05, 3.63) is 35.4 Å². The van der Waals surface area contributed by atoms with Crippen molar-refractivity contribution in [3.63, 3.8) is 0 Å². The van der Waals surface area contributed by atoms with Crippen LogP contribution in [0.15, 0.2) is 24.3 Å². The van der Waals surface area contributed by atoms with E-state index >= 15 is 0 Å². The maximum Gasteiger partial charge on any atom is 0.225 e. The van der Waals surface area contributed by atoms with Crippen molar-refractivity contribution in [2.75, 3.05) is 13.1 Å². The molecule has 0 radical (unpaired) electrons. The van der Waals surface area contributed by atoms with Gasteiger partial charge in [-0.25, -0.2) is 0 Å². The molecule has 3 aliphatic rings. The Bertz CT molecular complexity index is 524. The Morgan fingerprint density at radius 2 is 1.85 bits per heavy atom. The van der Waals surface area contributed by atoms with Gasteiger partial charge in [-0.05, 0) is 55.1 Å². The SMILES string of the molecule is O=C(C1CCC1)N1CCC2(CCc3ccccc32)CC1. The molecule has 1 heterocycles. The van der Waals surface area contributed by atoms with Gasteiger partial charge in [0.2, 0.25) is 5.91 Å². The number of amides is 1. The van der Waals surface area contributed by atoms with Crippen LogP contribution in [0, 0.1) is 5.92 Å². The van der Waals surface area contributed by atoms with E-state index in [-0.39, 0.29) is 0 Å². The summed E-state index contributed by atoms with van der Waals surface area (Å²) in [5.41, 5.74) is 3.51. The molecule has 1 saturated carbocycles. The summed E-state index contributed by atoms with van der Waals surface area (Å²) in [4.78, 5) is 14.5. The van der Waals surface area contributed by atoms with Gasteiger partial charge < -0.3 is 4.90 Å². The predicted molar refractivity (Wildman–Crippen MR) is 79.6 cm³/mol. The molecule has 2 nitrogen and oxygen atoms in total. The average Bonchev–Trinajstić information content (AvgIpc) is 2.77. The van der Waals surface area contributed by atoms with Crippen LogP contribution in [0.1, 0.15) is 49.7 Å². The Hall–Kier alpha value is -1.31. The van der Waals surface area contributed by atoms with E-state index in [9.17, 15) is 4.79 Å². The van der Waals surface area contributed by atoms with Crippen molar-refractivity contribution >= 4 is 5.91 Å². The second-order valence-electron chi connectivity index (χ2n) is 6.89. The van der Waals surface area contributed by atoms with Crippen LogP contribution < -0.4 is 0 Å². The zero-order valence-electron chi connectivity index (χ0n) is 12.1. The molecule has 1 amide bonds. The third-order valence-corrected chi connectivity index (χ3v) is 5.95. The van der Waals surface area contributed by atoms with Gasteiger partial charge >= 0.3 is 0 Å². The monoisotopic (exact) mass is 269 g/mol. The quantitative estimate of drug-likeness (QED) is 0.766. The average molecular weight is 269 g/mol. The number of rotatable bonds is 1. The summed E-state index contributed by atoms with van der Waals surface area (Å²) in [5, 5.41) is 0. The normalized spacial score (nSPS) is 24.5. The molecule has 2 fully saturated rings. The number of fused-ring (bicyclic) bond motifs is 2. The van der Waals surface area contributed by atoms with E-state index < -0.39 is 0 Å². The Morgan fingerprint density at radius 3 is 2.55 bits per heavy atom. The lowest BCUT2D eigenvalue weighted by Gasteiger charge is -2.42. The molecule has 20 heavy (non-hydrogen) atoms. The first-order chi connectivity index (χ1) is 9.78. The maximum atomic E-state index is 12.4. The van der Waals surface area contributed by atoms with Crippen molar-refractivity contribution in [2.45, 2.75) is 50.4 Å². The van der Waals surface area contributed by atoms with Gasteiger partial charge in [0.25, 0.3) is 0 Å². The van der Waals surface area contributed by atoms with Crippen LogP contribution in [-0.4, -0.2) is 23.9 Å². The van der Waals surface area contributed by atoms with Crippen LogP contribution in [-0.2, 0) is 16.6 Å². The summed E-state index contributed by atoms with van der Waals surface area (Å²) >= 11 is 0. The highest BCUT2D eigenvalue weighted by Crippen LogP contribution is 2.46. The second kappa shape index (κ2) is 4.61. The van der Waals surface area contributed by atoms with Gasteiger partial charge in [0.1, 0.15) is 0 Å². The molecule has 0 bridgehead atoms. The minimum absolute atomic E-state index is 0.361. The first-order valence-electron chi connectivity index (χ1n) is 8.16. The molecule has 4 rings (SSSR count). The summed E-state index contributed by atoms with van der Waals surface area (Å²) in [5.74, 6) is 0.803.